The molecule has 5 heterocycles. The van der Waals surface area contributed by atoms with Gasteiger partial charge in [0.05, 0.1) is 22.8 Å². The number of pyridine rings is 2. The second-order valence-corrected chi connectivity index (χ2v) is 11.6. The molecule has 2 aliphatic heterocycles. The van der Waals surface area contributed by atoms with E-state index in [9.17, 15) is 14.4 Å². The van der Waals surface area contributed by atoms with Gasteiger partial charge in [0.1, 0.15) is 33.7 Å². The number of nitriles is 1. The number of carbonyl (C=O) groups is 1. The number of halogens is 2. The van der Waals surface area contributed by atoms with Crippen LogP contribution in [0.1, 0.15) is 16.7 Å². The fourth-order valence-corrected chi connectivity index (χ4v) is 6.30. The maximum Gasteiger partial charge on any atom is 0.246 e. The van der Waals surface area contributed by atoms with Crippen LogP contribution >= 0.6 is 11.6 Å². The van der Waals surface area contributed by atoms with Crippen molar-refractivity contribution in [3.63, 3.8) is 0 Å². The highest BCUT2D eigenvalue weighted by Crippen LogP contribution is 2.43. The molecule has 5 aromatic rings. The monoisotopic (exact) mass is 638 g/mol. The molecule has 1 amide bonds. The molecule has 232 valence electrons. The predicted molar refractivity (Wildman–Crippen MR) is 171 cm³/mol. The average molecular weight is 639 g/mol. The molecule has 0 atom stereocenters. The van der Waals surface area contributed by atoms with Crippen molar-refractivity contribution < 1.29 is 18.7 Å². The molecule has 2 aromatic carbocycles. The molecule has 0 bridgehead atoms. The van der Waals surface area contributed by atoms with Gasteiger partial charge in [-0.25, -0.2) is 14.4 Å². The molecule has 2 aliphatic rings. The first-order valence-corrected chi connectivity index (χ1v) is 15.1. The van der Waals surface area contributed by atoms with Crippen LogP contribution < -0.4 is 14.4 Å². The number of amides is 1. The van der Waals surface area contributed by atoms with Crippen LogP contribution in [0.15, 0.2) is 55.4 Å². The van der Waals surface area contributed by atoms with E-state index in [1.165, 1.54) is 24.5 Å². The Morgan fingerprint density at radius 1 is 1.15 bits per heavy atom. The first-order chi connectivity index (χ1) is 22.4. The van der Waals surface area contributed by atoms with E-state index in [0.717, 1.165) is 30.6 Å². The molecule has 0 unspecified atom stereocenters. The van der Waals surface area contributed by atoms with Crippen molar-refractivity contribution in [2.75, 3.05) is 44.7 Å². The Balaban J connectivity index is 1.39. The highest BCUT2D eigenvalue weighted by molar-refractivity contribution is 6.33. The van der Waals surface area contributed by atoms with Gasteiger partial charge in [0.15, 0.2) is 5.75 Å². The number of hydrogen-bond acceptors (Lipinski definition) is 9. The molecule has 0 aliphatic carbocycles. The molecule has 0 radical (unpaired) electrons. The van der Waals surface area contributed by atoms with Crippen LogP contribution in [0.2, 0.25) is 5.02 Å². The lowest BCUT2D eigenvalue weighted by molar-refractivity contribution is -0.126. The Morgan fingerprint density at radius 2 is 1.98 bits per heavy atom. The van der Waals surface area contributed by atoms with Crippen LogP contribution in [-0.2, 0) is 17.8 Å². The highest BCUT2D eigenvalue weighted by Gasteiger charge is 2.29. The van der Waals surface area contributed by atoms with Gasteiger partial charge >= 0.3 is 0 Å². The summed E-state index contributed by atoms with van der Waals surface area (Å²) in [6, 6.07) is 11.2. The molecule has 7 rings (SSSR count). The summed E-state index contributed by atoms with van der Waals surface area (Å²) >= 11 is 6.39. The number of H-pyrrole nitrogens is 1. The number of likely N-dealkylation sites (N-methyl/N-ethyl adjacent to an activating group) is 1. The summed E-state index contributed by atoms with van der Waals surface area (Å²) in [6.07, 6.45) is 5.10. The summed E-state index contributed by atoms with van der Waals surface area (Å²) in [5.74, 6) is -0.0802. The van der Waals surface area contributed by atoms with Crippen molar-refractivity contribution in [2.45, 2.75) is 13.0 Å². The lowest BCUT2D eigenvalue weighted by atomic mass is 9.99. The van der Waals surface area contributed by atoms with Gasteiger partial charge in [-0.05, 0) is 37.2 Å². The predicted octanol–water partition coefficient (Wildman–Crippen LogP) is 5.58. The Labute approximate surface area is 268 Å². The molecule has 1 saturated heterocycles. The summed E-state index contributed by atoms with van der Waals surface area (Å²) in [5, 5.41) is 18.1. The Hall–Kier alpha value is -5.25. The van der Waals surface area contributed by atoms with E-state index in [-0.39, 0.29) is 39.5 Å². The quantitative estimate of drug-likeness (QED) is 0.238. The summed E-state index contributed by atoms with van der Waals surface area (Å²) in [5.41, 5.74) is 3.69. The Kier molecular flexibility index (Phi) is 7.64. The van der Waals surface area contributed by atoms with Gasteiger partial charge in [-0.3, -0.25) is 9.89 Å². The molecule has 13 heteroatoms. The molecule has 0 saturated carbocycles. The minimum atomic E-state index is -0.690. The number of fused-ring (bicyclic) bond motifs is 3. The van der Waals surface area contributed by atoms with Crippen molar-refractivity contribution in [1.29, 1.82) is 5.26 Å². The number of benzene rings is 2. The SMILES string of the molecule is C=CC(=O)N1CCN(c2c(C#N)c(Oc3cccc4c3CCN(C)C4)nc3c(Oc4c(Cl)c(F)cc5[nH]ncc45)nccc23)CC1. The van der Waals surface area contributed by atoms with Crippen LogP contribution in [0.5, 0.6) is 23.3 Å². The number of aromatic amines is 1. The molecule has 1 N–H and O–H groups in total. The van der Waals surface area contributed by atoms with E-state index >= 15 is 0 Å². The number of nitrogens with zero attached hydrogens (tertiary/aromatic N) is 7. The van der Waals surface area contributed by atoms with Crippen molar-refractivity contribution in [3.8, 4) is 29.3 Å². The molecule has 0 spiro atoms. The van der Waals surface area contributed by atoms with E-state index < -0.39 is 5.82 Å². The van der Waals surface area contributed by atoms with E-state index in [1.807, 2.05) is 17.0 Å². The van der Waals surface area contributed by atoms with E-state index in [0.29, 0.717) is 53.9 Å². The van der Waals surface area contributed by atoms with Gasteiger partial charge in [-0.15, -0.1) is 0 Å². The third-order valence-corrected chi connectivity index (χ3v) is 8.77. The first-order valence-electron chi connectivity index (χ1n) is 14.7. The molecular weight excluding hydrogens is 611 g/mol. The number of anilines is 1. The Morgan fingerprint density at radius 3 is 2.76 bits per heavy atom. The second-order valence-electron chi connectivity index (χ2n) is 11.2. The summed E-state index contributed by atoms with van der Waals surface area (Å²) in [4.78, 5) is 27.6. The lowest BCUT2D eigenvalue weighted by Gasteiger charge is -2.36. The lowest BCUT2D eigenvalue weighted by Crippen LogP contribution is -2.48. The van der Waals surface area contributed by atoms with Gasteiger partial charge in [0.25, 0.3) is 0 Å². The maximum absolute atomic E-state index is 14.8. The van der Waals surface area contributed by atoms with Crippen molar-refractivity contribution >= 4 is 45.0 Å². The van der Waals surface area contributed by atoms with E-state index in [2.05, 4.69) is 45.8 Å². The second kappa shape index (κ2) is 11.9. The highest BCUT2D eigenvalue weighted by atomic mass is 35.5. The molecule has 46 heavy (non-hydrogen) atoms. The minimum Gasteiger partial charge on any atom is -0.437 e. The van der Waals surface area contributed by atoms with Crippen molar-refractivity contribution in [3.05, 3.63) is 82.9 Å². The van der Waals surface area contributed by atoms with Crippen LogP contribution in [0.3, 0.4) is 0 Å². The average Bonchev–Trinajstić information content (AvgIpc) is 3.54. The van der Waals surface area contributed by atoms with Crippen LogP contribution in [0.25, 0.3) is 21.8 Å². The zero-order valence-electron chi connectivity index (χ0n) is 24.9. The fraction of sp³-hybridized carbons (Fsp3) is 0.242. The van der Waals surface area contributed by atoms with Crippen LogP contribution in [0.4, 0.5) is 10.1 Å². The van der Waals surface area contributed by atoms with Gasteiger partial charge in [-0.2, -0.15) is 10.4 Å². The van der Waals surface area contributed by atoms with Gasteiger partial charge < -0.3 is 24.2 Å². The van der Waals surface area contributed by atoms with E-state index in [4.69, 9.17) is 26.1 Å². The number of aromatic nitrogens is 4. The smallest absolute Gasteiger partial charge is 0.246 e. The standard InChI is InChI=1S/C33H28ClFN8O3/c1-3-27(44)42-11-13-43(14-12-42)30-21-7-9-37-33(46-31-23-17-38-40-25(23)15-24(35)28(31)34)29(21)39-32(22(30)16-36)45-26-6-4-5-19-18-41(2)10-8-20(19)26/h3-7,9,15,17H,1,8,10-14,18H2,2H3,(H,38,40). The van der Waals surface area contributed by atoms with Gasteiger partial charge in [0, 0.05) is 62.5 Å². The normalized spacial score (nSPS) is 15.1. The number of rotatable bonds is 6. The van der Waals surface area contributed by atoms with Gasteiger partial charge in [0.2, 0.25) is 17.7 Å². The summed E-state index contributed by atoms with van der Waals surface area (Å²) in [7, 11) is 2.07. The van der Waals surface area contributed by atoms with E-state index in [1.54, 1.807) is 11.0 Å². The first kappa shape index (κ1) is 29.5. The zero-order chi connectivity index (χ0) is 31.9. The number of hydrogen-bond donors (Lipinski definition) is 1. The molecule has 1 fully saturated rings. The molecular formula is C33H28ClFN8O3. The largest absolute Gasteiger partial charge is 0.437 e. The summed E-state index contributed by atoms with van der Waals surface area (Å²) in [6.45, 7) is 7.00. The zero-order valence-corrected chi connectivity index (χ0v) is 25.6. The third kappa shape index (κ3) is 5.13. The maximum atomic E-state index is 14.8. The Bertz CT molecular complexity index is 2070. The van der Waals surface area contributed by atoms with Gasteiger partial charge in [-0.1, -0.05) is 30.3 Å². The molecule has 11 nitrogen and oxygen atoms in total. The van der Waals surface area contributed by atoms with Crippen molar-refractivity contribution in [2.24, 2.45) is 0 Å². The number of ether oxygens (including phenoxy) is 2. The number of piperazine rings is 1. The number of nitrogens with one attached hydrogen (secondary N) is 1. The third-order valence-electron chi connectivity index (χ3n) is 8.42. The molecule has 3 aromatic heterocycles. The minimum absolute atomic E-state index is 0.0263. The number of carbonyl (C=O) groups excluding carboxylic acids is 1. The topological polar surface area (TPSA) is 124 Å². The van der Waals surface area contributed by atoms with Crippen LogP contribution in [-0.4, -0.2) is 75.6 Å². The van der Waals surface area contributed by atoms with Crippen LogP contribution in [0, 0.1) is 17.1 Å². The summed E-state index contributed by atoms with van der Waals surface area (Å²) < 4.78 is 27.5. The fourth-order valence-electron chi connectivity index (χ4n) is 6.10. The van der Waals surface area contributed by atoms with Crippen molar-refractivity contribution in [1.82, 2.24) is 30.0 Å².